The third-order valence-electron chi connectivity index (χ3n) is 3.62. The lowest BCUT2D eigenvalue weighted by molar-refractivity contribution is -0.0814. The average Bonchev–Trinajstić information content (AvgIpc) is 2.81. The van der Waals surface area contributed by atoms with Crippen LogP contribution in [0.5, 0.6) is 0 Å². The number of hydrogen-bond acceptors (Lipinski definition) is 3. The third-order valence-corrected chi connectivity index (χ3v) is 3.62. The lowest BCUT2D eigenvalue weighted by Gasteiger charge is -2.32. The molecule has 4 heteroatoms. The number of nitrogens with zero attached hydrogens (tertiary/aromatic N) is 1. The molecule has 0 radical (unpaired) electrons. The molecule has 1 rings (SSSR count). The lowest BCUT2D eigenvalue weighted by atomic mass is 9.92. The maximum absolute atomic E-state index is 11.7. The number of ether oxygens (including phenoxy) is 1. The zero-order chi connectivity index (χ0) is 12.2. The van der Waals surface area contributed by atoms with Crippen LogP contribution in [0.15, 0.2) is 0 Å². The van der Waals surface area contributed by atoms with Crippen molar-refractivity contribution in [2.24, 2.45) is 0 Å². The van der Waals surface area contributed by atoms with Gasteiger partial charge >= 0.3 is 6.09 Å². The molecular weight excluding hydrogens is 206 g/mol. The van der Waals surface area contributed by atoms with Gasteiger partial charge < -0.3 is 14.7 Å². The maximum atomic E-state index is 11.7. The highest BCUT2D eigenvalue weighted by Gasteiger charge is 2.34. The van der Waals surface area contributed by atoms with Crippen molar-refractivity contribution in [2.75, 3.05) is 13.1 Å². The third kappa shape index (κ3) is 2.88. The monoisotopic (exact) mass is 229 g/mol. The Labute approximate surface area is 97.6 Å². The second-order valence-corrected chi connectivity index (χ2v) is 4.53. The van der Waals surface area contributed by atoms with Gasteiger partial charge in [0.05, 0.1) is 0 Å². The number of likely N-dealkylation sites (tertiary alicyclic amines) is 1. The summed E-state index contributed by atoms with van der Waals surface area (Å²) in [6.07, 6.45) is 2.56. The van der Waals surface area contributed by atoms with E-state index in [-0.39, 0.29) is 6.09 Å². The SMILES string of the molecule is CCC(O)(CC)C(C)OC(=O)N1CCCC1. The molecule has 1 amide bonds. The van der Waals surface area contributed by atoms with E-state index in [2.05, 4.69) is 0 Å². The van der Waals surface area contributed by atoms with E-state index in [4.69, 9.17) is 4.74 Å². The summed E-state index contributed by atoms with van der Waals surface area (Å²) in [5.74, 6) is 0. The molecular formula is C12H23NO3. The molecule has 1 fully saturated rings. The molecule has 0 aliphatic carbocycles. The smallest absolute Gasteiger partial charge is 0.410 e. The van der Waals surface area contributed by atoms with Gasteiger partial charge in [-0.2, -0.15) is 0 Å². The van der Waals surface area contributed by atoms with Crippen molar-refractivity contribution in [3.05, 3.63) is 0 Å². The van der Waals surface area contributed by atoms with Crippen LogP contribution >= 0.6 is 0 Å². The molecule has 1 heterocycles. The molecule has 1 atom stereocenters. The Kier molecular flexibility index (Phi) is 4.59. The van der Waals surface area contributed by atoms with E-state index < -0.39 is 11.7 Å². The van der Waals surface area contributed by atoms with Gasteiger partial charge in [-0.15, -0.1) is 0 Å². The van der Waals surface area contributed by atoms with Crippen LogP contribution in [0, 0.1) is 0 Å². The number of hydrogen-bond donors (Lipinski definition) is 1. The van der Waals surface area contributed by atoms with Crippen molar-refractivity contribution in [2.45, 2.75) is 58.2 Å². The fourth-order valence-electron chi connectivity index (χ4n) is 2.06. The van der Waals surface area contributed by atoms with Gasteiger partial charge in [0.15, 0.2) is 0 Å². The van der Waals surface area contributed by atoms with Crippen molar-refractivity contribution < 1.29 is 14.6 Å². The first-order chi connectivity index (χ1) is 7.53. The first kappa shape index (κ1) is 13.3. The Balaban J connectivity index is 2.49. The van der Waals surface area contributed by atoms with Crippen LogP contribution in [0.25, 0.3) is 0 Å². The Morgan fingerprint density at radius 1 is 1.38 bits per heavy atom. The number of rotatable bonds is 4. The van der Waals surface area contributed by atoms with E-state index >= 15 is 0 Å². The van der Waals surface area contributed by atoms with E-state index in [0.29, 0.717) is 12.8 Å². The lowest BCUT2D eigenvalue weighted by Crippen LogP contribution is -2.44. The molecule has 16 heavy (non-hydrogen) atoms. The van der Waals surface area contributed by atoms with Gasteiger partial charge in [-0.1, -0.05) is 13.8 Å². The van der Waals surface area contributed by atoms with E-state index in [9.17, 15) is 9.90 Å². The van der Waals surface area contributed by atoms with Crippen LogP contribution in [0.1, 0.15) is 46.5 Å². The van der Waals surface area contributed by atoms with Crippen molar-refractivity contribution >= 4 is 6.09 Å². The van der Waals surface area contributed by atoms with Gasteiger partial charge in [0.1, 0.15) is 11.7 Å². The highest BCUT2D eigenvalue weighted by molar-refractivity contribution is 5.68. The number of carbonyl (C=O) groups is 1. The summed E-state index contributed by atoms with van der Waals surface area (Å²) >= 11 is 0. The molecule has 0 aromatic rings. The zero-order valence-electron chi connectivity index (χ0n) is 10.5. The highest BCUT2D eigenvalue weighted by atomic mass is 16.6. The van der Waals surface area contributed by atoms with Crippen molar-refractivity contribution in [3.8, 4) is 0 Å². The second kappa shape index (κ2) is 5.53. The van der Waals surface area contributed by atoms with Crippen LogP contribution in [-0.4, -0.2) is 40.9 Å². The first-order valence-corrected chi connectivity index (χ1v) is 6.21. The predicted octanol–water partition coefficient (Wildman–Crippen LogP) is 2.16. The zero-order valence-corrected chi connectivity index (χ0v) is 10.5. The van der Waals surface area contributed by atoms with Gasteiger partial charge in [-0.05, 0) is 32.6 Å². The standard InChI is InChI=1S/C12H23NO3/c1-4-12(15,5-2)10(3)16-11(14)13-8-6-7-9-13/h10,15H,4-9H2,1-3H3. The summed E-state index contributed by atoms with van der Waals surface area (Å²) in [4.78, 5) is 13.4. The van der Waals surface area contributed by atoms with Gasteiger partial charge in [0, 0.05) is 13.1 Å². The van der Waals surface area contributed by atoms with Gasteiger partial charge in [-0.25, -0.2) is 4.79 Å². The number of amides is 1. The molecule has 0 spiro atoms. The topological polar surface area (TPSA) is 49.8 Å². The Morgan fingerprint density at radius 3 is 2.31 bits per heavy atom. The Hall–Kier alpha value is -0.770. The maximum Gasteiger partial charge on any atom is 0.410 e. The molecule has 1 aliphatic rings. The molecule has 94 valence electrons. The molecule has 0 saturated carbocycles. The Morgan fingerprint density at radius 2 is 1.88 bits per heavy atom. The summed E-state index contributed by atoms with van der Waals surface area (Å²) in [7, 11) is 0. The first-order valence-electron chi connectivity index (χ1n) is 6.21. The van der Waals surface area contributed by atoms with Crippen LogP contribution < -0.4 is 0 Å². The van der Waals surface area contributed by atoms with E-state index in [0.717, 1.165) is 25.9 Å². The highest BCUT2D eigenvalue weighted by Crippen LogP contribution is 2.23. The molecule has 1 aliphatic heterocycles. The van der Waals surface area contributed by atoms with Crippen LogP contribution in [-0.2, 0) is 4.74 Å². The molecule has 0 aromatic carbocycles. The fraction of sp³-hybridized carbons (Fsp3) is 0.917. The largest absolute Gasteiger partial charge is 0.443 e. The van der Waals surface area contributed by atoms with Crippen molar-refractivity contribution in [1.29, 1.82) is 0 Å². The summed E-state index contributed by atoms with van der Waals surface area (Å²) in [5.41, 5.74) is -0.893. The molecule has 0 aromatic heterocycles. The molecule has 1 saturated heterocycles. The fourth-order valence-corrected chi connectivity index (χ4v) is 2.06. The molecule has 1 N–H and O–H groups in total. The summed E-state index contributed by atoms with van der Waals surface area (Å²) in [5, 5.41) is 10.2. The Bertz CT molecular complexity index is 232. The van der Waals surface area contributed by atoms with Crippen LogP contribution in [0.4, 0.5) is 4.79 Å². The quantitative estimate of drug-likeness (QED) is 0.803. The van der Waals surface area contributed by atoms with E-state index in [1.165, 1.54) is 0 Å². The minimum atomic E-state index is -0.893. The van der Waals surface area contributed by atoms with Crippen LogP contribution in [0.2, 0.25) is 0 Å². The van der Waals surface area contributed by atoms with Gasteiger partial charge in [0.25, 0.3) is 0 Å². The van der Waals surface area contributed by atoms with E-state index in [1.54, 1.807) is 11.8 Å². The minimum Gasteiger partial charge on any atom is -0.443 e. The van der Waals surface area contributed by atoms with E-state index in [1.807, 2.05) is 13.8 Å². The number of aliphatic hydroxyl groups is 1. The van der Waals surface area contributed by atoms with Crippen LogP contribution in [0.3, 0.4) is 0 Å². The average molecular weight is 229 g/mol. The normalized spacial score (nSPS) is 18.6. The number of carbonyl (C=O) groups excluding carboxylic acids is 1. The van der Waals surface area contributed by atoms with Crippen molar-refractivity contribution in [1.82, 2.24) is 4.90 Å². The molecule has 1 unspecified atom stereocenters. The second-order valence-electron chi connectivity index (χ2n) is 4.53. The van der Waals surface area contributed by atoms with Gasteiger partial charge in [0.2, 0.25) is 0 Å². The minimum absolute atomic E-state index is 0.287. The summed E-state index contributed by atoms with van der Waals surface area (Å²) < 4.78 is 5.32. The van der Waals surface area contributed by atoms with Gasteiger partial charge in [-0.3, -0.25) is 0 Å². The summed E-state index contributed by atoms with van der Waals surface area (Å²) in [6, 6.07) is 0. The predicted molar refractivity (Wildman–Crippen MR) is 62.3 cm³/mol. The molecule has 4 nitrogen and oxygen atoms in total. The van der Waals surface area contributed by atoms with Crippen molar-refractivity contribution in [3.63, 3.8) is 0 Å². The summed E-state index contributed by atoms with van der Waals surface area (Å²) in [6.45, 7) is 7.14. The molecule has 0 bridgehead atoms.